The Balaban J connectivity index is 1.73. The monoisotopic (exact) mass is 337 g/mol. The highest BCUT2D eigenvalue weighted by molar-refractivity contribution is 7.11. The van der Waals surface area contributed by atoms with E-state index in [0.29, 0.717) is 13.0 Å². The number of amides is 2. The number of benzene rings is 1. The van der Waals surface area contributed by atoms with Gasteiger partial charge in [-0.05, 0) is 19.9 Å². The van der Waals surface area contributed by atoms with Gasteiger partial charge in [-0.25, -0.2) is 14.2 Å². The van der Waals surface area contributed by atoms with Crippen LogP contribution in [0, 0.1) is 19.7 Å². The molecule has 124 valence electrons. The van der Waals surface area contributed by atoms with Crippen LogP contribution in [0.3, 0.4) is 0 Å². The molecule has 0 radical (unpaired) electrons. The fourth-order valence-corrected chi connectivity index (χ4v) is 3.14. The molecule has 0 spiro atoms. The van der Waals surface area contributed by atoms with Crippen molar-refractivity contribution < 1.29 is 14.3 Å². The second-order valence-electron chi connectivity index (χ2n) is 5.17. The summed E-state index contributed by atoms with van der Waals surface area (Å²) in [5.41, 5.74) is 1.16. The van der Waals surface area contributed by atoms with Gasteiger partial charge in [-0.1, -0.05) is 18.2 Å². The third kappa shape index (κ3) is 5.01. The molecule has 0 aliphatic rings. The number of hydrogen-bond donors (Lipinski definition) is 3. The second-order valence-corrected chi connectivity index (χ2v) is 6.45. The Morgan fingerprint density at radius 3 is 2.74 bits per heavy atom. The van der Waals surface area contributed by atoms with Gasteiger partial charge in [0.25, 0.3) is 0 Å². The van der Waals surface area contributed by atoms with Crippen LogP contribution in [0.2, 0.25) is 0 Å². The van der Waals surface area contributed by atoms with Crippen molar-refractivity contribution in [2.24, 2.45) is 0 Å². The van der Waals surface area contributed by atoms with Crippen molar-refractivity contribution in [2.45, 2.75) is 26.4 Å². The lowest BCUT2D eigenvalue weighted by atomic mass is 10.1. The van der Waals surface area contributed by atoms with E-state index in [1.807, 2.05) is 13.8 Å². The molecule has 3 N–H and O–H groups in total. The Kier molecular flexibility index (Phi) is 6.06. The summed E-state index contributed by atoms with van der Waals surface area (Å²) in [7, 11) is 0. The number of aryl methyl sites for hydroxylation is 2. The zero-order valence-electron chi connectivity index (χ0n) is 13.1. The second kappa shape index (κ2) is 8.03. The molecule has 1 aromatic carbocycles. The molecule has 5 nitrogen and oxygen atoms in total. The first kappa shape index (κ1) is 17.4. The summed E-state index contributed by atoms with van der Waals surface area (Å²) in [6.45, 7) is 4.32. The lowest BCUT2D eigenvalue weighted by Gasteiger charge is -2.13. The first-order valence-corrected chi connectivity index (χ1v) is 8.16. The molecule has 0 aliphatic carbocycles. The molecule has 0 aliphatic heterocycles. The summed E-state index contributed by atoms with van der Waals surface area (Å²) < 4.78 is 13.5. The number of hydrogen-bond acceptors (Lipinski definition) is 4. The fourth-order valence-electron chi connectivity index (χ4n) is 2.20. The van der Waals surface area contributed by atoms with Crippen LogP contribution in [0.15, 0.2) is 24.3 Å². The van der Waals surface area contributed by atoms with Gasteiger partial charge in [-0.3, -0.25) is 0 Å². The minimum Gasteiger partial charge on any atom is -0.386 e. The molecule has 1 atom stereocenters. The Hall–Kier alpha value is -1.99. The van der Waals surface area contributed by atoms with Crippen molar-refractivity contribution in [3.05, 3.63) is 51.2 Å². The summed E-state index contributed by atoms with van der Waals surface area (Å²) >= 11 is 1.62. The zero-order chi connectivity index (χ0) is 16.8. The van der Waals surface area contributed by atoms with Crippen molar-refractivity contribution in [3.8, 4) is 0 Å². The standard InChI is InChI=1S/C16H20FN3O2S/c1-10-15(23-11(2)20-10)7-8-18-16(22)19-9-14(21)12-5-3-4-6-13(12)17/h3-6,14,21H,7-9H2,1-2H3,(H2,18,19,22). The SMILES string of the molecule is Cc1nc(C)c(CCNC(=O)NCC(O)c2ccccc2F)s1. The van der Waals surface area contributed by atoms with Gasteiger partial charge in [0, 0.05) is 30.0 Å². The summed E-state index contributed by atoms with van der Waals surface area (Å²) in [5.74, 6) is -0.488. The van der Waals surface area contributed by atoms with Gasteiger partial charge in [-0.15, -0.1) is 11.3 Å². The third-order valence-electron chi connectivity index (χ3n) is 3.36. The number of thiazole rings is 1. The van der Waals surface area contributed by atoms with E-state index in [9.17, 15) is 14.3 Å². The highest BCUT2D eigenvalue weighted by Crippen LogP contribution is 2.17. The number of carbonyl (C=O) groups excluding carboxylic acids is 1. The topological polar surface area (TPSA) is 74.2 Å². The summed E-state index contributed by atoms with van der Waals surface area (Å²) in [4.78, 5) is 17.2. The molecule has 1 heterocycles. The molecule has 0 saturated heterocycles. The normalized spacial score (nSPS) is 12.0. The first-order valence-electron chi connectivity index (χ1n) is 7.34. The first-order chi connectivity index (χ1) is 11.0. The van der Waals surface area contributed by atoms with E-state index in [4.69, 9.17) is 0 Å². The van der Waals surface area contributed by atoms with E-state index in [0.717, 1.165) is 15.6 Å². The quantitative estimate of drug-likeness (QED) is 0.758. The molecule has 2 amide bonds. The predicted molar refractivity (Wildman–Crippen MR) is 88.1 cm³/mol. The number of rotatable bonds is 6. The smallest absolute Gasteiger partial charge is 0.314 e. The van der Waals surface area contributed by atoms with Crippen molar-refractivity contribution in [2.75, 3.05) is 13.1 Å². The van der Waals surface area contributed by atoms with Gasteiger partial charge in [0.2, 0.25) is 0 Å². The van der Waals surface area contributed by atoms with Crippen LogP contribution >= 0.6 is 11.3 Å². The van der Waals surface area contributed by atoms with E-state index < -0.39 is 11.9 Å². The minimum atomic E-state index is -1.08. The maximum Gasteiger partial charge on any atom is 0.314 e. The molecule has 1 aromatic heterocycles. The number of urea groups is 1. The molecule has 1 unspecified atom stereocenters. The van der Waals surface area contributed by atoms with Crippen LogP contribution in [0.25, 0.3) is 0 Å². The lowest BCUT2D eigenvalue weighted by molar-refractivity contribution is 0.169. The number of nitrogens with one attached hydrogen (secondary N) is 2. The number of aliphatic hydroxyl groups is 1. The zero-order valence-corrected chi connectivity index (χ0v) is 13.9. The molecular formula is C16H20FN3O2S. The third-order valence-corrected chi connectivity index (χ3v) is 4.49. The van der Waals surface area contributed by atoms with Gasteiger partial charge >= 0.3 is 6.03 Å². The Bertz CT molecular complexity index is 675. The van der Waals surface area contributed by atoms with E-state index >= 15 is 0 Å². The van der Waals surface area contributed by atoms with Crippen LogP contribution in [0.4, 0.5) is 9.18 Å². The van der Waals surface area contributed by atoms with Gasteiger partial charge in [-0.2, -0.15) is 0 Å². The van der Waals surface area contributed by atoms with Gasteiger partial charge < -0.3 is 15.7 Å². The average molecular weight is 337 g/mol. The molecule has 0 fully saturated rings. The lowest BCUT2D eigenvalue weighted by Crippen LogP contribution is -2.38. The summed E-state index contributed by atoms with van der Waals surface area (Å²) in [6.07, 6.45) is -0.367. The molecule has 0 bridgehead atoms. The largest absolute Gasteiger partial charge is 0.386 e. The number of aromatic nitrogens is 1. The van der Waals surface area contributed by atoms with Gasteiger partial charge in [0.1, 0.15) is 5.82 Å². The van der Waals surface area contributed by atoms with E-state index in [2.05, 4.69) is 15.6 Å². The van der Waals surface area contributed by atoms with Crippen LogP contribution in [-0.4, -0.2) is 29.2 Å². The highest BCUT2D eigenvalue weighted by Gasteiger charge is 2.13. The molecule has 7 heteroatoms. The minimum absolute atomic E-state index is 0.0501. The fraction of sp³-hybridized carbons (Fsp3) is 0.375. The molecule has 0 saturated carbocycles. The van der Waals surface area contributed by atoms with E-state index in [-0.39, 0.29) is 18.1 Å². The van der Waals surface area contributed by atoms with Crippen molar-refractivity contribution in [1.29, 1.82) is 0 Å². The van der Waals surface area contributed by atoms with Crippen LogP contribution < -0.4 is 10.6 Å². The molecule has 2 aromatic rings. The van der Waals surface area contributed by atoms with Crippen LogP contribution in [0.5, 0.6) is 0 Å². The average Bonchev–Trinajstić information content (AvgIpc) is 2.83. The number of halogens is 1. The van der Waals surface area contributed by atoms with Crippen LogP contribution in [0.1, 0.15) is 27.2 Å². The van der Waals surface area contributed by atoms with Crippen molar-refractivity contribution in [3.63, 3.8) is 0 Å². The van der Waals surface area contributed by atoms with E-state index in [1.54, 1.807) is 23.5 Å². The molecular weight excluding hydrogens is 317 g/mol. The Morgan fingerprint density at radius 1 is 1.35 bits per heavy atom. The molecule has 23 heavy (non-hydrogen) atoms. The van der Waals surface area contributed by atoms with Gasteiger partial charge in [0.05, 0.1) is 16.8 Å². The predicted octanol–water partition coefficient (Wildman–Crippen LogP) is 2.47. The maximum atomic E-state index is 13.5. The van der Waals surface area contributed by atoms with E-state index in [1.165, 1.54) is 12.1 Å². The maximum absolute atomic E-state index is 13.5. The van der Waals surface area contributed by atoms with Crippen LogP contribution in [-0.2, 0) is 6.42 Å². The van der Waals surface area contributed by atoms with Crippen molar-refractivity contribution in [1.82, 2.24) is 15.6 Å². The Morgan fingerprint density at radius 2 is 2.09 bits per heavy atom. The van der Waals surface area contributed by atoms with Gasteiger partial charge in [0.15, 0.2) is 0 Å². The summed E-state index contributed by atoms with van der Waals surface area (Å²) in [6, 6.07) is 5.57. The number of nitrogens with zero attached hydrogens (tertiary/aromatic N) is 1. The Labute approximate surface area is 138 Å². The highest BCUT2D eigenvalue weighted by atomic mass is 32.1. The number of aliphatic hydroxyl groups excluding tert-OH is 1. The number of carbonyl (C=O) groups is 1. The van der Waals surface area contributed by atoms with Crippen molar-refractivity contribution >= 4 is 17.4 Å². The molecule has 2 rings (SSSR count). The summed E-state index contributed by atoms with van der Waals surface area (Å²) in [5, 5.41) is 16.2.